The number of carbonyl (C=O) groups is 1. The molecule has 0 spiro atoms. The van der Waals surface area contributed by atoms with Crippen LogP contribution in [0, 0.1) is 0 Å². The Morgan fingerprint density at radius 1 is 1.03 bits per heavy atom. The van der Waals surface area contributed by atoms with E-state index in [9.17, 15) is 13.2 Å². The second kappa shape index (κ2) is 10.4. The van der Waals surface area contributed by atoms with Crippen LogP contribution in [0.3, 0.4) is 0 Å². The lowest BCUT2D eigenvalue weighted by Crippen LogP contribution is -2.23. The van der Waals surface area contributed by atoms with Gasteiger partial charge in [0.25, 0.3) is 5.91 Å². The molecule has 0 aliphatic rings. The molecule has 0 radical (unpaired) electrons. The SMILES string of the molecule is CCCNC(=O)c1ccc(CS(=O)(=O)c2nnc(Oc3cccc(OC)c3OC)s2)cc1. The standard InChI is InChI=1S/C21H23N3O6S2/c1-4-12-22-19(25)15-10-8-14(9-11-15)13-32(26,27)21-24-23-20(31-21)30-17-7-5-6-16(28-2)18(17)29-3/h5-11H,4,12-13H2,1-3H3,(H,22,25). The van der Waals surface area contributed by atoms with Crippen LogP contribution in [0.5, 0.6) is 22.4 Å². The highest BCUT2D eigenvalue weighted by atomic mass is 32.2. The van der Waals surface area contributed by atoms with Crippen molar-refractivity contribution in [2.45, 2.75) is 23.4 Å². The predicted octanol–water partition coefficient (Wildman–Crippen LogP) is 3.46. The third-order valence-corrected chi connectivity index (χ3v) is 7.26. The van der Waals surface area contributed by atoms with Crippen LogP contribution in [0.25, 0.3) is 0 Å². The Hall–Kier alpha value is -3.18. The van der Waals surface area contributed by atoms with Gasteiger partial charge in [0.2, 0.25) is 19.9 Å². The molecule has 0 saturated heterocycles. The van der Waals surface area contributed by atoms with Gasteiger partial charge >= 0.3 is 5.19 Å². The van der Waals surface area contributed by atoms with Gasteiger partial charge in [-0.15, -0.1) is 5.10 Å². The van der Waals surface area contributed by atoms with Crippen molar-refractivity contribution in [1.29, 1.82) is 0 Å². The summed E-state index contributed by atoms with van der Waals surface area (Å²) in [5.41, 5.74) is 1.00. The highest BCUT2D eigenvalue weighted by molar-refractivity contribution is 7.92. The Morgan fingerprint density at radius 2 is 1.75 bits per heavy atom. The number of aromatic nitrogens is 2. The molecule has 0 bridgehead atoms. The Kier molecular flexibility index (Phi) is 7.65. The van der Waals surface area contributed by atoms with Crippen LogP contribution in [0.4, 0.5) is 0 Å². The summed E-state index contributed by atoms with van der Waals surface area (Å²) in [6.07, 6.45) is 0.834. The fourth-order valence-electron chi connectivity index (χ4n) is 2.77. The van der Waals surface area contributed by atoms with Gasteiger partial charge in [-0.25, -0.2) is 8.42 Å². The van der Waals surface area contributed by atoms with Crippen LogP contribution in [0.15, 0.2) is 46.8 Å². The van der Waals surface area contributed by atoms with E-state index in [0.717, 1.165) is 17.8 Å². The van der Waals surface area contributed by atoms with Gasteiger partial charge in [0, 0.05) is 12.1 Å². The lowest BCUT2D eigenvalue weighted by molar-refractivity contribution is 0.0953. The molecule has 3 aromatic rings. The van der Waals surface area contributed by atoms with Crippen molar-refractivity contribution in [2.24, 2.45) is 0 Å². The molecular formula is C21H23N3O6S2. The minimum absolute atomic E-state index is 0.0538. The Balaban J connectivity index is 1.72. The van der Waals surface area contributed by atoms with Gasteiger partial charge in [0.1, 0.15) is 0 Å². The van der Waals surface area contributed by atoms with Crippen LogP contribution in [0.2, 0.25) is 0 Å². The lowest BCUT2D eigenvalue weighted by Gasteiger charge is -2.11. The van der Waals surface area contributed by atoms with Crippen molar-refractivity contribution in [1.82, 2.24) is 15.5 Å². The lowest BCUT2D eigenvalue weighted by atomic mass is 10.1. The fraction of sp³-hybridized carbons (Fsp3) is 0.286. The number of nitrogens with zero attached hydrogens (tertiary/aromatic N) is 2. The molecule has 1 heterocycles. The number of ether oxygens (including phenoxy) is 3. The van der Waals surface area contributed by atoms with E-state index < -0.39 is 9.84 Å². The Morgan fingerprint density at radius 3 is 2.41 bits per heavy atom. The second-order valence-corrected chi connectivity index (χ2v) is 9.74. The molecule has 9 nitrogen and oxygen atoms in total. The fourth-order valence-corrected chi connectivity index (χ4v) is 5.03. The molecule has 2 aromatic carbocycles. The van der Waals surface area contributed by atoms with Gasteiger partial charge in [-0.1, -0.05) is 30.2 Å². The number of nitrogens with one attached hydrogen (secondary N) is 1. The summed E-state index contributed by atoms with van der Waals surface area (Å²) in [6.45, 7) is 2.55. The topological polar surface area (TPSA) is 117 Å². The summed E-state index contributed by atoms with van der Waals surface area (Å²) in [6, 6.07) is 11.5. The largest absolute Gasteiger partial charge is 0.493 e. The summed E-state index contributed by atoms with van der Waals surface area (Å²) < 4.78 is 41.6. The molecule has 32 heavy (non-hydrogen) atoms. The number of sulfone groups is 1. The van der Waals surface area contributed by atoms with Crippen molar-refractivity contribution >= 4 is 27.1 Å². The number of para-hydroxylation sites is 1. The molecule has 1 amide bonds. The van der Waals surface area contributed by atoms with Gasteiger partial charge in [-0.2, -0.15) is 0 Å². The minimum atomic E-state index is -3.75. The van der Waals surface area contributed by atoms with Gasteiger partial charge in [-0.05, 0) is 47.6 Å². The monoisotopic (exact) mass is 477 g/mol. The molecular weight excluding hydrogens is 454 g/mol. The van der Waals surface area contributed by atoms with E-state index in [1.165, 1.54) is 14.2 Å². The summed E-state index contributed by atoms with van der Waals surface area (Å²) in [7, 11) is -0.779. The maximum Gasteiger partial charge on any atom is 0.300 e. The smallest absolute Gasteiger partial charge is 0.300 e. The van der Waals surface area contributed by atoms with Crippen molar-refractivity contribution < 1.29 is 27.4 Å². The van der Waals surface area contributed by atoms with E-state index in [0.29, 0.717) is 34.9 Å². The molecule has 3 rings (SSSR count). The van der Waals surface area contributed by atoms with Crippen molar-refractivity contribution in [2.75, 3.05) is 20.8 Å². The van der Waals surface area contributed by atoms with Gasteiger partial charge in [-0.3, -0.25) is 4.79 Å². The molecule has 11 heteroatoms. The summed E-state index contributed by atoms with van der Waals surface area (Å²) in [4.78, 5) is 12.0. The quantitative estimate of drug-likeness (QED) is 0.472. The van der Waals surface area contributed by atoms with E-state index >= 15 is 0 Å². The third-order valence-electron chi connectivity index (χ3n) is 4.33. The summed E-state index contributed by atoms with van der Waals surface area (Å²) >= 11 is 0.811. The zero-order valence-corrected chi connectivity index (χ0v) is 19.5. The molecule has 170 valence electrons. The number of amides is 1. The normalized spacial score (nSPS) is 11.1. The summed E-state index contributed by atoms with van der Waals surface area (Å²) in [5, 5.41) is 10.4. The molecule has 0 aliphatic heterocycles. The van der Waals surface area contributed by atoms with Crippen molar-refractivity contribution in [3.8, 4) is 22.4 Å². The zero-order chi connectivity index (χ0) is 23.1. The molecule has 0 aliphatic carbocycles. The summed E-state index contributed by atoms with van der Waals surface area (Å²) in [5.74, 6) is 0.678. The van der Waals surface area contributed by atoms with Gasteiger partial charge in [0.05, 0.1) is 20.0 Å². The second-order valence-electron chi connectivity index (χ2n) is 6.64. The van der Waals surface area contributed by atoms with E-state index in [4.69, 9.17) is 14.2 Å². The first-order valence-corrected chi connectivity index (χ1v) is 12.2. The number of hydrogen-bond acceptors (Lipinski definition) is 9. The van der Waals surface area contributed by atoms with Crippen LogP contribution >= 0.6 is 11.3 Å². The number of hydrogen-bond donors (Lipinski definition) is 1. The van der Waals surface area contributed by atoms with E-state index in [1.807, 2.05) is 6.92 Å². The van der Waals surface area contributed by atoms with Gasteiger partial charge < -0.3 is 19.5 Å². The molecule has 1 N–H and O–H groups in total. The average Bonchev–Trinajstić information content (AvgIpc) is 3.27. The third kappa shape index (κ3) is 5.54. The number of benzene rings is 2. The number of methoxy groups -OCH3 is 2. The molecule has 1 aromatic heterocycles. The van der Waals surface area contributed by atoms with Crippen molar-refractivity contribution in [3.05, 3.63) is 53.6 Å². The maximum absolute atomic E-state index is 12.8. The van der Waals surface area contributed by atoms with Crippen LogP contribution in [-0.4, -0.2) is 45.3 Å². The number of carbonyl (C=O) groups excluding carboxylic acids is 1. The van der Waals surface area contributed by atoms with E-state index in [2.05, 4.69) is 15.5 Å². The molecule has 0 fully saturated rings. The Bertz CT molecular complexity index is 1180. The highest BCUT2D eigenvalue weighted by Gasteiger charge is 2.23. The molecule has 0 saturated carbocycles. The van der Waals surface area contributed by atoms with Crippen LogP contribution in [-0.2, 0) is 15.6 Å². The first-order chi connectivity index (χ1) is 15.4. The molecule has 0 atom stereocenters. The zero-order valence-electron chi connectivity index (χ0n) is 17.8. The Labute approximate surface area is 190 Å². The number of rotatable bonds is 10. The van der Waals surface area contributed by atoms with E-state index in [-0.39, 0.29) is 21.2 Å². The average molecular weight is 478 g/mol. The van der Waals surface area contributed by atoms with Gasteiger partial charge in [0.15, 0.2) is 11.5 Å². The van der Waals surface area contributed by atoms with E-state index in [1.54, 1.807) is 42.5 Å². The van der Waals surface area contributed by atoms with Crippen LogP contribution in [0.1, 0.15) is 29.3 Å². The first-order valence-electron chi connectivity index (χ1n) is 9.70. The first kappa shape index (κ1) is 23.5. The molecule has 0 unspecified atom stereocenters. The van der Waals surface area contributed by atoms with Crippen LogP contribution < -0.4 is 19.5 Å². The van der Waals surface area contributed by atoms with Crippen molar-refractivity contribution in [3.63, 3.8) is 0 Å². The predicted molar refractivity (Wildman–Crippen MR) is 119 cm³/mol. The highest BCUT2D eigenvalue weighted by Crippen LogP contribution is 2.40. The minimum Gasteiger partial charge on any atom is -0.493 e. The maximum atomic E-state index is 12.8.